The van der Waals surface area contributed by atoms with Gasteiger partial charge in [0.05, 0.1) is 5.56 Å². The first-order valence-electron chi connectivity index (χ1n) is 8.27. The van der Waals surface area contributed by atoms with E-state index in [-0.39, 0.29) is 5.92 Å². The number of rotatable bonds is 5. The molecular weight excluding hydrogens is 340 g/mol. The van der Waals surface area contributed by atoms with Gasteiger partial charge in [-0.15, -0.1) is 0 Å². The van der Waals surface area contributed by atoms with Gasteiger partial charge in [0.1, 0.15) is 11.6 Å². The van der Waals surface area contributed by atoms with Crippen LogP contribution < -0.4 is 5.32 Å². The smallest absolute Gasteiger partial charge is 0.341 e. The van der Waals surface area contributed by atoms with Gasteiger partial charge in [-0.05, 0) is 43.0 Å². The summed E-state index contributed by atoms with van der Waals surface area (Å²) in [4.78, 5) is 24.4. The number of esters is 1. The van der Waals surface area contributed by atoms with Gasteiger partial charge in [-0.25, -0.2) is 13.6 Å². The molecule has 0 heterocycles. The molecule has 6 heteroatoms. The molecule has 0 radical (unpaired) electrons. The normalized spacial score (nSPS) is 12.0. The molecule has 1 atom stereocenters. The van der Waals surface area contributed by atoms with Gasteiger partial charge in [0.2, 0.25) is 0 Å². The van der Waals surface area contributed by atoms with E-state index in [2.05, 4.69) is 5.32 Å². The Kier molecular flexibility index (Phi) is 6.08. The van der Waals surface area contributed by atoms with E-state index >= 15 is 0 Å². The molecule has 0 aliphatic carbocycles. The van der Waals surface area contributed by atoms with Crippen LogP contribution in [0.3, 0.4) is 0 Å². The van der Waals surface area contributed by atoms with Crippen molar-refractivity contribution in [1.29, 1.82) is 0 Å². The van der Waals surface area contributed by atoms with Gasteiger partial charge in [0.15, 0.2) is 6.10 Å². The summed E-state index contributed by atoms with van der Waals surface area (Å²) in [5.74, 6) is -3.21. The number of aryl methyl sites for hydroxylation is 1. The summed E-state index contributed by atoms with van der Waals surface area (Å²) in [7, 11) is 0. The second kappa shape index (κ2) is 8.08. The zero-order valence-electron chi connectivity index (χ0n) is 15.1. The number of ether oxygens (including phenoxy) is 1. The fraction of sp³-hybridized carbons (Fsp3) is 0.300. The molecule has 0 saturated heterocycles. The Hall–Kier alpha value is -2.76. The lowest BCUT2D eigenvalue weighted by Crippen LogP contribution is -2.31. The monoisotopic (exact) mass is 361 g/mol. The zero-order chi connectivity index (χ0) is 19.4. The van der Waals surface area contributed by atoms with Crippen LogP contribution in [0.1, 0.15) is 48.2 Å². The van der Waals surface area contributed by atoms with Gasteiger partial charge in [-0.3, -0.25) is 4.79 Å². The molecule has 138 valence electrons. The Balaban J connectivity index is 2.12. The summed E-state index contributed by atoms with van der Waals surface area (Å²) in [6.07, 6.45) is -1.15. The molecule has 2 aromatic carbocycles. The van der Waals surface area contributed by atoms with Crippen LogP contribution in [0.15, 0.2) is 36.4 Å². The van der Waals surface area contributed by atoms with Crippen molar-refractivity contribution in [2.75, 3.05) is 5.32 Å². The number of amides is 1. The minimum absolute atomic E-state index is 0.191. The lowest BCUT2D eigenvalue weighted by Gasteiger charge is -2.19. The lowest BCUT2D eigenvalue weighted by atomic mass is 9.98. The largest absolute Gasteiger partial charge is 0.449 e. The number of nitrogens with one attached hydrogen (secondary N) is 1. The summed E-state index contributed by atoms with van der Waals surface area (Å²) >= 11 is 0. The van der Waals surface area contributed by atoms with E-state index in [0.717, 1.165) is 23.3 Å². The molecule has 26 heavy (non-hydrogen) atoms. The fourth-order valence-corrected chi connectivity index (χ4v) is 2.50. The summed E-state index contributed by atoms with van der Waals surface area (Å²) in [5, 5.41) is 2.77. The van der Waals surface area contributed by atoms with Crippen LogP contribution in [-0.2, 0) is 9.53 Å². The summed E-state index contributed by atoms with van der Waals surface area (Å²) < 4.78 is 31.6. The maximum atomic E-state index is 13.7. The van der Waals surface area contributed by atoms with Crippen LogP contribution in [-0.4, -0.2) is 18.0 Å². The molecule has 1 amide bonds. The number of hydrogen-bond donors (Lipinski definition) is 1. The third kappa shape index (κ3) is 4.45. The van der Waals surface area contributed by atoms with Gasteiger partial charge in [-0.2, -0.15) is 0 Å². The molecule has 0 aromatic heterocycles. The standard InChI is InChI=1S/C20H21F2NO3/c1-11(2)15-7-5-6-12(3)18(15)23-19(24)13(4)26-20(25)16-9-8-14(21)10-17(16)22/h5-11,13H,1-4H3,(H,23,24)/t13-/m0/s1. The topological polar surface area (TPSA) is 55.4 Å². The molecule has 0 unspecified atom stereocenters. The van der Waals surface area contributed by atoms with Crippen molar-refractivity contribution in [2.24, 2.45) is 0 Å². The first-order valence-corrected chi connectivity index (χ1v) is 8.27. The van der Waals surface area contributed by atoms with E-state index in [1.807, 2.05) is 39.0 Å². The molecule has 2 rings (SSSR count). The number of hydrogen-bond acceptors (Lipinski definition) is 3. The highest BCUT2D eigenvalue weighted by molar-refractivity contribution is 5.98. The van der Waals surface area contributed by atoms with E-state index in [4.69, 9.17) is 4.74 Å². The van der Waals surface area contributed by atoms with Crippen LogP contribution in [0.25, 0.3) is 0 Å². The van der Waals surface area contributed by atoms with Gasteiger partial charge in [0, 0.05) is 11.8 Å². The molecule has 2 aromatic rings. The van der Waals surface area contributed by atoms with Crippen molar-refractivity contribution in [3.8, 4) is 0 Å². The van der Waals surface area contributed by atoms with E-state index in [9.17, 15) is 18.4 Å². The quantitative estimate of drug-likeness (QED) is 0.793. The maximum Gasteiger partial charge on any atom is 0.341 e. The second-order valence-electron chi connectivity index (χ2n) is 6.35. The SMILES string of the molecule is Cc1cccc(C(C)C)c1NC(=O)[C@H](C)OC(=O)c1ccc(F)cc1F. The highest BCUT2D eigenvalue weighted by atomic mass is 19.1. The number of carbonyl (C=O) groups is 2. The fourth-order valence-electron chi connectivity index (χ4n) is 2.50. The first-order chi connectivity index (χ1) is 12.2. The second-order valence-corrected chi connectivity index (χ2v) is 6.35. The predicted octanol–water partition coefficient (Wildman–Crippen LogP) is 4.58. The Morgan fingerprint density at radius 2 is 1.77 bits per heavy atom. The Morgan fingerprint density at radius 3 is 2.38 bits per heavy atom. The van der Waals surface area contributed by atoms with Crippen LogP contribution in [0.2, 0.25) is 0 Å². The van der Waals surface area contributed by atoms with E-state index in [1.54, 1.807) is 0 Å². The van der Waals surface area contributed by atoms with Crippen molar-refractivity contribution in [2.45, 2.75) is 39.7 Å². The van der Waals surface area contributed by atoms with E-state index < -0.39 is 35.2 Å². The van der Waals surface area contributed by atoms with Crippen molar-refractivity contribution in [3.63, 3.8) is 0 Å². The number of halogens is 2. The first kappa shape index (κ1) is 19.6. The van der Waals surface area contributed by atoms with Gasteiger partial charge in [0.25, 0.3) is 5.91 Å². The number of benzene rings is 2. The average Bonchev–Trinajstić information content (AvgIpc) is 2.56. The number of para-hydroxylation sites is 1. The highest BCUT2D eigenvalue weighted by Gasteiger charge is 2.23. The van der Waals surface area contributed by atoms with Gasteiger partial charge >= 0.3 is 5.97 Å². The molecule has 0 bridgehead atoms. The molecule has 0 aliphatic rings. The van der Waals surface area contributed by atoms with Crippen molar-refractivity contribution in [3.05, 3.63) is 64.7 Å². The molecule has 0 fully saturated rings. The summed E-state index contributed by atoms with van der Waals surface area (Å²) in [6, 6.07) is 8.21. The van der Waals surface area contributed by atoms with Crippen LogP contribution >= 0.6 is 0 Å². The number of anilines is 1. The molecule has 4 nitrogen and oxygen atoms in total. The Morgan fingerprint density at radius 1 is 1.08 bits per heavy atom. The third-order valence-electron chi connectivity index (χ3n) is 3.98. The van der Waals surface area contributed by atoms with E-state index in [0.29, 0.717) is 11.8 Å². The zero-order valence-corrected chi connectivity index (χ0v) is 15.1. The van der Waals surface area contributed by atoms with Crippen molar-refractivity contribution in [1.82, 2.24) is 0 Å². The van der Waals surface area contributed by atoms with Crippen molar-refractivity contribution >= 4 is 17.6 Å². The molecular formula is C20H21F2NO3. The minimum atomic E-state index is -1.15. The summed E-state index contributed by atoms with van der Waals surface area (Å²) in [5.41, 5.74) is 2.09. The molecule has 0 aliphatic heterocycles. The molecule has 0 saturated carbocycles. The van der Waals surface area contributed by atoms with Crippen LogP contribution in [0.5, 0.6) is 0 Å². The van der Waals surface area contributed by atoms with Gasteiger partial charge < -0.3 is 10.1 Å². The molecule has 1 N–H and O–H groups in total. The Bertz CT molecular complexity index is 834. The van der Waals surface area contributed by atoms with Gasteiger partial charge in [-0.1, -0.05) is 32.0 Å². The maximum absolute atomic E-state index is 13.7. The predicted molar refractivity (Wildman–Crippen MR) is 95.1 cm³/mol. The van der Waals surface area contributed by atoms with Crippen LogP contribution in [0.4, 0.5) is 14.5 Å². The third-order valence-corrected chi connectivity index (χ3v) is 3.98. The molecule has 0 spiro atoms. The number of carbonyl (C=O) groups excluding carboxylic acids is 2. The highest BCUT2D eigenvalue weighted by Crippen LogP contribution is 2.27. The summed E-state index contributed by atoms with van der Waals surface area (Å²) in [6.45, 7) is 7.27. The van der Waals surface area contributed by atoms with Crippen LogP contribution in [0, 0.1) is 18.6 Å². The van der Waals surface area contributed by atoms with Crippen molar-refractivity contribution < 1.29 is 23.1 Å². The lowest BCUT2D eigenvalue weighted by molar-refractivity contribution is -0.123. The average molecular weight is 361 g/mol. The minimum Gasteiger partial charge on any atom is -0.449 e. The Labute approximate surface area is 151 Å². The van der Waals surface area contributed by atoms with E-state index in [1.165, 1.54) is 6.92 Å².